The fourth-order valence-electron chi connectivity index (χ4n) is 2.03. The normalized spacial score (nSPS) is 30.2. The van der Waals surface area contributed by atoms with Crippen molar-refractivity contribution in [2.24, 2.45) is 5.92 Å². The van der Waals surface area contributed by atoms with Crippen LogP contribution in [0.1, 0.15) is 39.5 Å². The van der Waals surface area contributed by atoms with Crippen molar-refractivity contribution in [2.45, 2.75) is 50.4 Å². The summed E-state index contributed by atoms with van der Waals surface area (Å²) in [6.45, 7) is 5.61. The van der Waals surface area contributed by atoms with E-state index in [-0.39, 0.29) is 16.8 Å². The Morgan fingerprint density at radius 2 is 2.35 bits per heavy atom. The zero-order chi connectivity index (χ0) is 12.3. The lowest BCUT2D eigenvalue weighted by Crippen LogP contribution is -2.42. The van der Waals surface area contributed by atoms with Crippen molar-refractivity contribution >= 4 is 17.7 Å². The van der Waals surface area contributed by atoms with E-state index in [9.17, 15) is 4.79 Å². The van der Waals surface area contributed by atoms with Crippen LogP contribution >= 0.6 is 11.8 Å². The van der Waals surface area contributed by atoms with Crippen molar-refractivity contribution in [3.8, 4) is 0 Å². The summed E-state index contributed by atoms with van der Waals surface area (Å²) in [5.74, 6) is 1.98. The van der Waals surface area contributed by atoms with Crippen LogP contribution in [0.3, 0.4) is 0 Å². The molecular formula is C13H23NO2S. The van der Waals surface area contributed by atoms with E-state index in [1.807, 2.05) is 18.7 Å². The fourth-order valence-corrected chi connectivity index (χ4v) is 3.28. The highest BCUT2D eigenvalue weighted by atomic mass is 32.2. The Balaban J connectivity index is 1.64. The molecule has 2 atom stereocenters. The number of amides is 1. The molecule has 1 N–H and O–H groups in total. The molecule has 1 aliphatic heterocycles. The van der Waals surface area contributed by atoms with Crippen LogP contribution in [0.2, 0.25) is 0 Å². The predicted octanol–water partition coefficient (Wildman–Crippen LogP) is 2.20. The standard InChI is InChI=1S/C13H23NO2S/c1-10(16-8-11-4-5-11)12(15)14-9-13(2)6-3-7-17-13/h10-11H,3-9H2,1-2H3,(H,14,15). The molecule has 4 heteroatoms. The smallest absolute Gasteiger partial charge is 0.248 e. The minimum atomic E-state index is -0.300. The van der Waals surface area contributed by atoms with Gasteiger partial charge in [-0.15, -0.1) is 0 Å². The van der Waals surface area contributed by atoms with Crippen molar-refractivity contribution in [1.29, 1.82) is 0 Å². The van der Waals surface area contributed by atoms with Crippen LogP contribution < -0.4 is 5.32 Å². The largest absolute Gasteiger partial charge is 0.368 e. The van der Waals surface area contributed by atoms with Crippen molar-refractivity contribution in [3.63, 3.8) is 0 Å². The summed E-state index contributed by atoms with van der Waals surface area (Å²) in [6.07, 6.45) is 4.71. The first-order valence-electron chi connectivity index (χ1n) is 6.62. The molecule has 1 amide bonds. The zero-order valence-electron chi connectivity index (χ0n) is 10.8. The lowest BCUT2D eigenvalue weighted by atomic mass is 10.1. The van der Waals surface area contributed by atoms with Gasteiger partial charge in [0.25, 0.3) is 0 Å². The molecule has 0 aromatic heterocycles. The second kappa shape index (κ2) is 5.61. The number of rotatable bonds is 6. The van der Waals surface area contributed by atoms with Gasteiger partial charge in [-0.25, -0.2) is 0 Å². The third-order valence-corrected chi connectivity index (χ3v) is 5.12. The molecule has 0 bridgehead atoms. The summed E-state index contributed by atoms with van der Waals surface area (Å²) >= 11 is 1.97. The highest BCUT2D eigenvalue weighted by Crippen LogP contribution is 2.37. The predicted molar refractivity (Wildman–Crippen MR) is 71.2 cm³/mol. The minimum absolute atomic E-state index is 0.0411. The summed E-state index contributed by atoms with van der Waals surface area (Å²) in [5.41, 5.74) is 0. The maximum Gasteiger partial charge on any atom is 0.248 e. The van der Waals surface area contributed by atoms with Crippen LogP contribution in [0.4, 0.5) is 0 Å². The van der Waals surface area contributed by atoms with Crippen molar-refractivity contribution in [2.75, 3.05) is 18.9 Å². The summed E-state index contributed by atoms with van der Waals surface area (Å²) in [4.78, 5) is 11.8. The van der Waals surface area contributed by atoms with Gasteiger partial charge in [-0.3, -0.25) is 4.79 Å². The third kappa shape index (κ3) is 4.18. The summed E-state index contributed by atoms with van der Waals surface area (Å²) in [5, 5.41) is 3.02. The molecule has 98 valence electrons. The molecule has 2 aliphatic rings. The number of carbonyl (C=O) groups excluding carboxylic acids is 1. The number of hydrogen-bond donors (Lipinski definition) is 1. The van der Waals surface area contributed by atoms with E-state index in [2.05, 4.69) is 12.2 Å². The van der Waals surface area contributed by atoms with Crippen LogP contribution in [0.15, 0.2) is 0 Å². The average Bonchev–Trinajstić information content (AvgIpc) is 3.05. The molecular weight excluding hydrogens is 234 g/mol. The fraction of sp³-hybridized carbons (Fsp3) is 0.923. The van der Waals surface area contributed by atoms with Gasteiger partial charge in [-0.05, 0) is 51.2 Å². The lowest BCUT2D eigenvalue weighted by molar-refractivity contribution is -0.132. The maximum absolute atomic E-state index is 11.8. The molecule has 1 saturated carbocycles. The van der Waals surface area contributed by atoms with Crippen LogP contribution in [0.5, 0.6) is 0 Å². The minimum Gasteiger partial charge on any atom is -0.368 e. The van der Waals surface area contributed by atoms with E-state index in [1.165, 1.54) is 31.4 Å². The van der Waals surface area contributed by atoms with Crippen molar-refractivity contribution < 1.29 is 9.53 Å². The molecule has 2 unspecified atom stereocenters. The van der Waals surface area contributed by atoms with Crippen LogP contribution in [0.25, 0.3) is 0 Å². The molecule has 1 aliphatic carbocycles. The van der Waals surface area contributed by atoms with Crippen LogP contribution in [-0.2, 0) is 9.53 Å². The topological polar surface area (TPSA) is 38.3 Å². The van der Waals surface area contributed by atoms with Crippen molar-refractivity contribution in [1.82, 2.24) is 5.32 Å². The summed E-state index contributed by atoms with van der Waals surface area (Å²) < 4.78 is 5.80. The molecule has 2 rings (SSSR count). The van der Waals surface area contributed by atoms with E-state index in [0.717, 1.165) is 13.2 Å². The Morgan fingerprint density at radius 3 is 2.94 bits per heavy atom. The molecule has 0 aromatic carbocycles. The van der Waals surface area contributed by atoms with E-state index in [1.54, 1.807) is 0 Å². The quantitative estimate of drug-likeness (QED) is 0.793. The first kappa shape index (κ1) is 13.2. The third-order valence-electron chi connectivity index (χ3n) is 3.59. The van der Waals surface area contributed by atoms with Gasteiger partial charge in [0.1, 0.15) is 6.10 Å². The molecule has 3 nitrogen and oxygen atoms in total. The number of hydrogen-bond acceptors (Lipinski definition) is 3. The monoisotopic (exact) mass is 257 g/mol. The maximum atomic E-state index is 11.8. The highest BCUT2D eigenvalue weighted by molar-refractivity contribution is 8.00. The average molecular weight is 257 g/mol. The van der Waals surface area contributed by atoms with Gasteiger partial charge in [-0.2, -0.15) is 11.8 Å². The number of ether oxygens (including phenoxy) is 1. The van der Waals surface area contributed by atoms with Gasteiger partial charge in [0.15, 0.2) is 0 Å². The molecule has 0 aromatic rings. The van der Waals surface area contributed by atoms with Gasteiger partial charge in [-0.1, -0.05) is 0 Å². The van der Waals surface area contributed by atoms with Crippen LogP contribution in [0, 0.1) is 5.92 Å². The number of thioether (sulfide) groups is 1. The first-order valence-corrected chi connectivity index (χ1v) is 7.61. The molecule has 0 radical (unpaired) electrons. The lowest BCUT2D eigenvalue weighted by Gasteiger charge is -2.24. The molecule has 1 saturated heterocycles. The van der Waals surface area contributed by atoms with Gasteiger partial charge < -0.3 is 10.1 Å². The van der Waals surface area contributed by atoms with E-state index < -0.39 is 0 Å². The molecule has 17 heavy (non-hydrogen) atoms. The molecule has 1 heterocycles. The second-order valence-corrected chi connectivity index (χ2v) is 7.22. The molecule has 2 fully saturated rings. The zero-order valence-corrected chi connectivity index (χ0v) is 11.6. The van der Waals surface area contributed by atoms with Gasteiger partial charge >= 0.3 is 0 Å². The summed E-state index contributed by atoms with van der Waals surface area (Å²) in [6, 6.07) is 0. The first-order chi connectivity index (χ1) is 8.09. The Labute approximate surface area is 108 Å². The number of nitrogens with one attached hydrogen (secondary N) is 1. The van der Waals surface area contributed by atoms with E-state index in [4.69, 9.17) is 4.74 Å². The SMILES string of the molecule is CC(OCC1CC1)C(=O)NCC1(C)CCCS1. The second-order valence-electron chi connectivity index (χ2n) is 5.54. The van der Waals surface area contributed by atoms with Crippen molar-refractivity contribution in [3.05, 3.63) is 0 Å². The highest BCUT2D eigenvalue weighted by Gasteiger charge is 2.30. The Kier molecular flexibility index (Phi) is 4.36. The Bertz CT molecular complexity index is 273. The number of carbonyl (C=O) groups is 1. The van der Waals surface area contributed by atoms with E-state index in [0.29, 0.717) is 5.92 Å². The van der Waals surface area contributed by atoms with E-state index >= 15 is 0 Å². The van der Waals surface area contributed by atoms with Gasteiger partial charge in [0.2, 0.25) is 5.91 Å². The summed E-state index contributed by atoms with van der Waals surface area (Å²) in [7, 11) is 0. The van der Waals surface area contributed by atoms with Gasteiger partial charge in [0.05, 0.1) is 6.61 Å². The van der Waals surface area contributed by atoms with Gasteiger partial charge in [0, 0.05) is 11.3 Å². The Morgan fingerprint density at radius 1 is 1.59 bits per heavy atom. The Hall–Kier alpha value is -0.220. The molecule has 0 spiro atoms. The van der Waals surface area contributed by atoms with Crippen LogP contribution in [-0.4, -0.2) is 35.7 Å².